The third-order valence-electron chi connectivity index (χ3n) is 2.60. The van der Waals surface area contributed by atoms with E-state index < -0.39 is 5.91 Å². The number of carbonyl (C=O) groups excluding carboxylic acids is 1. The van der Waals surface area contributed by atoms with Gasteiger partial charge in [0.2, 0.25) is 0 Å². The highest BCUT2D eigenvalue weighted by Gasteiger charge is 2.08. The summed E-state index contributed by atoms with van der Waals surface area (Å²) in [7, 11) is 0. The van der Waals surface area contributed by atoms with Gasteiger partial charge in [-0.3, -0.25) is 9.59 Å². The maximum Gasteiger partial charge on any atom is 0.271 e. The summed E-state index contributed by atoms with van der Waals surface area (Å²) in [5, 5.41) is 8.77. The van der Waals surface area contributed by atoms with Crippen molar-refractivity contribution < 1.29 is 9.18 Å². The predicted molar refractivity (Wildman–Crippen MR) is 72.3 cm³/mol. The van der Waals surface area contributed by atoms with Crippen molar-refractivity contribution in [2.24, 2.45) is 0 Å². The van der Waals surface area contributed by atoms with Crippen LogP contribution >= 0.6 is 11.6 Å². The van der Waals surface area contributed by atoms with E-state index in [0.29, 0.717) is 17.0 Å². The van der Waals surface area contributed by atoms with Gasteiger partial charge in [0.25, 0.3) is 11.5 Å². The Bertz CT molecular complexity index is 667. The van der Waals surface area contributed by atoms with E-state index in [0.717, 1.165) is 0 Å². The van der Waals surface area contributed by atoms with Gasteiger partial charge in [0.1, 0.15) is 11.5 Å². The number of amides is 1. The highest BCUT2D eigenvalue weighted by atomic mass is 35.5. The van der Waals surface area contributed by atoms with E-state index in [1.54, 1.807) is 0 Å². The van der Waals surface area contributed by atoms with Crippen molar-refractivity contribution >= 4 is 17.5 Å². The zero-order valence-electron chi connectivity index (χ0n) is 10.3. The predicted octanol–water partition coefficient (Wildman–Crippen LogP) is 1.53. The van der Waals surface area contributed by atoms with Crippen LogP contribution < -0.4 is 10.9 Å². The Morgan fingerprint density at radius 2 is 2.15 bits per heavy atom. The van der Waals surface area contributed by atoms with Gasteiger partial charge in [0.15, 0.2) is 0 Å². The molecule has 0 saturated heterocycles. The van der Waals surface area contributed by atoms with Gasteiger partial charge in [-0.05, 0) is 36.2 Å². The van der Waals surface area contributed by atoms with E-state index >= 15 is 0 Å². The molecule has 7 heteroatoms. The Morgan fingerprint density at radius 3 is 2.85 bits per heavy atom. The maximum atomic E-state index is 13.4. The first kappa shape index (κ1) is 14.2. The van der Waals surface area contributed by atoms with E-state index in [1.807, 2.05) is 0 Å². The Balaban J connectivity index is 1.92. The Hall–Kier alpha value is -2.21. The molecule has 104 valence electrons. The van der Waals surface area contributed by atoms with Crippen LogP contribution in [0.25, 0.3) is 0 Å². The second-order valence-electron chi connectivity index (χ2n) is 4.05. The molecule has 2 N–H and O–H groups in total. The summed E-state index contributed by atoms with van der Waals surface area (Å²) in [6.07, 6.45) is 0.307. The van der Waals surface area contributed by atoms with Crippen LogP contribution in [0.5, 0.6) is 0 Å². The molecule has 1 aromatic heterocycles. The molecular formula is C13H11ClFN3O2. The zero-order chi connectivity index (χ0) is 14.5. The summed E-state index contributed by atoms with van der Waals surface area (Å²) in [5.41, 5.74) is 0.131. The summed E-state index contributed by atoms with van der Waals surface area (Å²) in [4.78, 5) is 22.5. The van der Waals surface area contributed by atoms with Gasteiger partial charge >= 0.3 is 0 Å². The topological polar surface area (TPSA) is 74.8 Å². The van der Waals surface area contributed by atoms with Crippen LogP contribution in [0.3, 0.4) is 0 Å². The maximum absolute atomic E-state index is 13.4. The Labute approximate surface area is 118 Å². The quantitative estimate of drug-likeness (QED) is 0.898. The van der Waals surface area contributed by atoms with Crippen molar-refractivity contribution in [3.8, 4) is 0 Å². The number of halogens is 2. The van der Waals surface area contributed by atoms with Gasteiger partial charge in [0, 0.05) is 17.6 Å². The van der Waals surface area contributed by atoms with Crippen LogP contribution in [0, 0.1) is 5.82 Å². The van der Waals surface area contributed by atoms with Crippen LogP contribution in [-0.4, -0.2) is 22.6 Å². The number of nitrogens with one attached hydrogen (secondary N) is 2. The molecular weight excluding hydrogens is 285 g/mol. The van der Waals surface area contributed by atoms with Crippen molar-refractivity contribution in [3.63, 3.8) is 0 Å². The molecule has 0 saturated carbocycles. The number of aromatic amines is 1. The Kier molecular flexibility index (Phi) is 4.47. The molecule has 0 fully saturated rings. The standard InChI is InChI=1S/C13H11ClFN3O2/c14-9-1-2-10(15)8(7-9)5-6-16-13(20)11-3-4-12(19)18-17-11/h1-4,7H,5-6H2,(H,16,20)(H,18,19). The van der Waals surface area contributed by atoms with E-state index in [1.165, 1.54) is 30.3 Å². The monoisotopic (exact) mass is 295 g/mol. The number of benzene rings is 1. The first-order chi connectivity index (χ1) is 9.56. The molecule has 0 radical (unpaired) electrons. The van der Waals surface area contributed by atoms with Gasteiger partial charge in [-0.15, -0.1) is 0 Å². The number of hydrogen-bond acceptors (Lipinski definition) is 3. The third-order valence-corrected chi connectivity index (χ3v) is 2.83. The van der Waals surface area contributed by atoms with Crippen LogP contribution in [0.15, 0.2) is 35.1 Å². The highest BCUT2D eigenvalue weighted by molar-refractivity contribution is 6.30. The fourth-order valence-corrected chi connectivity index (χ4v) is 1.80. The van der Waals surface area contributed by atoms with Gasteiger partial charge in [-0.1, -0.05) is 11.6 Å². The van der Waals surface area contributed by atoms with E-state index in [4.69, 9.17) is 11.6 Å². The number of rotatable bonds is 4. The molecule has 1 aromatic carbocycles. The molecule has 2 aromatic rings. The van der Waals surface area contributed by atoms with Gasteiger partial charge in [-0.2, -0.15) is 5.10 Å². The van der Waals surface area contributed by atoms with Crippen LogP contribution in [0.4, 0.5) is 4.39 Å². The second-order valence-corrected chi connectivity index (χ2v) is 4.48. The zero-order valence-corrected chi connectivity index (χ0v) is 11.1. The van der Waals surface area contributed by atoms with Crippen LogP contribution in [-0.2, 0) is 6.42 Å². The normalized spacial score (nSPS) is 10.3. The SMILES string of the molecule is O=C(NCCc1cc(Cl)ccc1F)c1ccc(=O)[nH]n1. The molecule has 20 heavy (non-hydrogen) atoms. The molecule has 0 aliphatic heterocycles. The molecule has 1 heterocycles. The van der Waals surface area contributed by atoms with Gasteiger partial charge in [-0.25, -0.2) is 9.49 Å². The molecule has 2 rings (SSSR count). The molecule has 0 bridgehead atoms. The van der Waals surface area contributed by atoms with Gasteiger partial charge in [0.05, 0.1) is 0 Å². The first-order valence-electron chi connectivity index (χ1n) is 5.84. The fraction of sp³-hybridized carbons (Fsp3) is 0.154. The third kappa shape index (κ3) is 3.64. The highest BCUT2D eigenvalue weighted by Crippen LogP contribution is 2.14. The van der Waals surface area contributed by atoms with Crippen LogP contribution in [0.1, 0.15) is 16.1 Å². The lowest BCUT2D eigenvalue weighted by molar-refractivity contribution is 0.0948. The molecule has 0 unspecified atom stereocenters. The summed E-state index contributed by atoms with van der Waals surface area (Å²) in [6, 6.07) is 6.78. The smallest absolute Gasteiger partial charge is 0.271 e. The molecule has 0 atom stereocenters. The second kappa shape index (κ2) is 6.29. The minimum atomic E-state index is -0.441. The lowest BCUT2D eigenvalue weighted by atomic mass is 10.1. The number of nitrogens with zero attached hydrogens (tertiary/aromatic N) is 1. The molecule has 0 aliphatic carbocycles. The minimum absolute atomic E-state index is 0.0937. The average Bonchev–Trinajstić information content (AvgIpc) is 2.43. The van der Waals surface area contributed by atoms with E-state index in [2.05, 4.69) is 15.5 Å². The van der Waals surface area contributed by atoms with Crippen molar-refractivity contribution in [1.82, 2.24) is 15.5 Å². The fourth-order valence-electron chi connectivity index (χ4n) is 1.61. The average molecular weight is 296 g/mol. The number of aromatic nitrogens is 2. The van der Waals surface area contributed by atoms with Crippen molar-refractivity contribution in [2.45, 2.75) is 6.42 Å². The summed E-state index contributed by atoms with van der Waals surface area (Å²) in [5.74, 6) is -0.811. The first-order valence-corrected chi connectivity index (χ1v) is 6.22. The lowest BCUT2D eigenvalue weighted by Gasteiger charge is -2.06. The lowest BCUT2D eigenvalue weighted by Crippen LogP contribution is -2.27. The van der Waals surface area contributed by atoms with Crippen molar-refractivity contribution in [1.29, 1.82) is 0 Å². The number of hydrogen-bond donors (Lipinski definition) is 2. The van der Waals surface area contributed by atoms with E-state index in [9.17, 15) is 14.0 Å². The summed E-state index contributed by atoms with van der Waals surface area (Å²) in [6.45, 7) is 0.233. The largest absolute Gasteiger partial charge is 0.350 e. The summed E-state index contributed by atoms with van der Waals surface area (Å²) >= 11 is 5.77. The summed E-state index contributed by atoms with van der Waals surface area (Å²) < 4.78 is 13.4. The van der Waals surface area contributed by atoms with Crippen molar-refractivity contribution in [3.05, 3.63) is 62.8 Å². The number of carbonyl (C=O) groups is 1. The van der Waals surface area contributed by atoms with Gasteiger partial charge < -0.3 is 5.32 Å². The Morgan fingerprint density at radius 1 is 1.35 bits per heavy atom. The molecule has 1 amide bonds. The van der Waals surface area contributed by atoms with E-state index in [-0.39, 0.29) is 23.6 Å². The van der Waals surface area contributed by atoms with Crippen LogP contribution in [0.2, 0.25) is 5.02 Å². The number of H-pyrrole nitrogens is 1. The molecule has 0 aliphatic rings. The molecule has 5 nitrogen and oxygen atoms in total. The van der Waals surface area contributed by atoms with Crippen molar-refractivity contribution in [2.75, 3.05) is 6.54 Å². The minimum Gasteiger partial charge on any atom is -0.350 e. The molecule has 0 spiro atoms.